The summed E-state index contributed by atoms with van der Waals surface area (Å²) < 4.78 is 21.8. The van der Waals surface area contributed by atoms with E-state index in [1.54, 1.807) is 25.1 Å². The number of guanidine groups is 1. The summed E-state index contributed by atoms with van der Waals surface area (Å²) >= 11 is 0. The number of benzene rings is 2. The average Bonchev–Trinajstić information content (AvgIpc) is 2.86. The summed E-state index contributed by atoms with van der Waals surface area (Å²) in [5.74, 6) is 0.000954. The minimum Gasteiger partial charge on any atom is -0.479 e. The van der Waals surface area contributed by atoms with Gasteiger partial charge >= 0.3 is 5.97 Å². The van der Waals surface area contributed by atoms with Crippen LogP contribution in [0.5, 0.6) is 5.75 Å². The topological polar surface area (TPSA) is 134 Å². The molecular formula is C24H28N4O6. The summed E-state index contributed by atoms with van der Waals surface area (Å²) in [6.45, 7) is 1.95. The van der Waals surface area contributed by atoms with E-state index in [0.29, 0.717) is 17.9 Å². The highest BCUT2D eigenvalue weighted by Crippen LogP contribution is 2.42. The maximum Gasteiger partial charge on any atom is 0.337 e. The Kier molecular flexibility index (Phi) is 8.07. The number of ether oxygens (including phenoxy) is 4. The number of aliphatic hydroxyl groups is 1. The molecule has 1 aliphatic rings. The third kappa shape index (κ3) is 5.12. The number of hydrogen-bond acceptors (Lipinski definition) is 8. The molecule has 10 nitrogen and oxygen atoms in total. The number of carbonyl (C=O) groups excluding carboxylic acids is 1. The van der Waals surface area contributed by atoms with Crippen LogP contribution < -0.4 is 15.4 Å². The van der Waals surface area contributed by atoms with Gasteiger partial charge in [-0.2, -0.15) is 5.26 Å². The SMILES string of the molecule is COC(=O)c1ccc2c(c1)[C@@H](NC(=NCc1ccccc1)NC#N)[C@H](O)[C@@](C)(C(OC)OC)O2. The van der Waals surface area contributed by atoms with Gasteiger partial charge in [0.2, 0.25) is 5.96 Å². The number of esters is 1. The molecule has 3 N–H and O–H groups in total. The third-order valence-electron chi connectivity index (χ3n) is 5.62. The number of rotatable bonds is 7. The van der Waals surface area contributed by atoms with Gasteiger partial charge < -0.3 is 29.4 Å². The lowest BCUT2D eigenvalue weighted by Crippen LogP contribution is -2.62. The second-order valence-corrected chi connectivity index (χ2v) is 7.79. The number of carbonyl (C=O) groups is 1. The van der Waals surface area contributed by atoms with Gasteiger partial charge in [-0.1, -0.05) is 30.3 Å². The van der Waals surface area contributed by atoms with Crippen molar-refractivity contribution in [3.8, 4) is 11.9 Å². The van der Waals surface area contributed by atoms with Crippen LogP contribution in [0.25, 0.3) is 0 Å². The summed E-state index contributed by atoms with van der Waals surface area (Å²) in [4.78, 5) is 16.6. The number of nitrogens with zero attached hydrogens (tertiary/aromatic N) is 2. The van der Waals surface area contributed by atoms with Gasteiger partial charge in [-0.15, -0.1) is 0 Å². The van der Waals surface area contributed by atoms with Crippen LogP contribution in [0.15, 0.2) is 53.5 Å². The van der Waals surface area contributed by atoms with E-state index in [-0.39, 0.29) is 11.5 Å². The fraction of sp³-hybridized carbons (Fsp3) is 0.375. The smallest absolute Gasteiger partial charge is 0.337 e. The van der Waals surface area contributed by atoms with E-state index < -0.39 is 30.0 Å². The fourth-order valence-electron chi connectivity index (χ4n) is 3.91. The molecule has 2 aromatic rings. The van der Waals surface area contributed by atoms with Gasteiger partial charge in [0.1, 0.15) is 11.9 Å². The lowest BCUT2D eigenvalue weighted by atomic mass is 9.84. The molecule has 0 unspecified atom stereocenters. The number of aliphatic imine (C=N–C) groups is 1. The first-order valence-electron chi connectivity index (χ1n) is 10.5. The van der Waals surface area contributed by atoms with Gasteiger partial charge in [0, 0.05) is 19.8 Å². The molecule has 0 aliphatic carbocycles. The Labute approximate surface area is 198 Å². The second-order valence-electron chi connectivity index (χ2n) is 7.79. The summed E-state index contributed by atoms with van der Waals surface area (Å²) in [6.07, 6.45) is -0.301. The van der Waals surface area contributed by atoms with Crippen molar-refractivity contribution >= 4 is 11.9 Å². The van der Waals surface area contributed by atoms with Gasteiger partial charge in [-0.3, -0.25) is 5.32 Å². The van der Waals surface area contributed by atoms with Crippen LogP contribution in [0.4, 0.5) is 0 Å². The molecule has 3 atom stereocenters. The van der Waals surface area contributed by atoms with Crippen molar-refractivity contribution in [2.75, 3.05) is 21.3 Å². The molecule has 0 spiro atoms. The van der Waals surface area contributed by atoms with Crippen molar-refractivity contribution in [2.45, 2.75) is 37.5 Å². The zero-order chi connectivity index (χ0) is 24.7. The van der Waals surface area contributed by atoms with Gasteiger partial charge in [0.25, 0.3) is 0 Å². The van der Waals surface area contributed by atoms with Crippen molar-refractivity contribution in [3.05, 3.63) is 65.2 Å². The Bertz CT molecular complexity index is 1070. The number of nitrogens with one attached hydrogen (secondary N) is 2. The Balaban J connectivity index is 2.04. The first-order valence-corrected chi connectivity index (χ1v) is 10.5. The van der Waals surface area contributed by atoms with Crippen LogP contribution in [0, 0.1) is 11.5 Å². The molecule has 0 saturated carbocycles. The molecule has 1 heterocycles. The van der Waals surface area contributed by atoms with Crippen LogP contribution in [0.3, 0.4) is 0 Å². The second kappa shape index (κ2) is 11.0. The maximum atomic E-state index is 12.1. The Morgan fingerprint density at radius 2 is 1.94 bits per heavy atom. The van der Waals surface area contributed by atoms with Crippen molar-refractivity contribution in [1.82, 2.24) is 10.6 Å². The van der Waals surface area contributed by atoms with Gasteiger partial charge in [-0.25, -0.2) is 9.79 Å². The molecule has 0 radical (unpaired) electrons. The lowest BCUT2D eigenvalue weighted by molar-refractivity contribution is -0.238. The summed E-state index contributed by atoms with van der Waals surface area (Å²) in [5, 5.41) is 26.3. The Morgan fingerprint density at radius 3 is 2.56 bits per heavy atom. The molecule has 2 aromatic carbocycles. The van der Waals surface area contributed by atoms with Gasteiger partial charge in [0.05, 0.1) is 25.3 Å². The molecule has 0 amide bonds. The fourth-order valence-corrected chi connectivity index (χ4v) is 3.91. The van der Waals surface area contributed by atoms with E-state index in [1.807, 2.05) is 36.5 Å². The number of fused-ring (bicyclic) bond motifs is 1. The summed E-state index contributed by atoms with van der Waals surface area (Å²) in [6, 6.07) is 13.4. The number of nitriles is 1. The Hall–Kier alpha value is -3.65. The molecule has 0 aromatic heterocycles. The number of hydrogen-bond donors (Lipinski definition) is 3. The minimum atomic E-state index is -1.34. The van der Waals surface area contributed by atoms with Crippen LogP contribution in [0.2, 0.25) is 0 Å². The molecule has 0 bridgehead atoms. The molecular weight excluding hydrogens is 440 g/mol. The quantitative estimate of drug-likeness (QED) is 0.139. The predicted molar refractivity (Wildman–Crippen MR) is 123 cm³/mol. The van der Waals surface area contributed by atoms with Crippen LogP contribution >= 0.6 is 0 Å². The van der Waals surface area contributed by atoms with Crippen LogP contribution in [-0.4, -0.2) is 56.4 Å². The van der Waals surface area contributed by atoms with Crippen LogP contribution in [-0.2, 0) is 20.8 Å². The van der Waals surface area contributed by atoms with E-state index in [4.69, 9.17) is 18.9 Å². The van der Waals surface area contributed by atoms with E-state index in [0.717, 1.165) is 5.56 Å². The van der Waals surface area contributed by atoms with Crippen molar-refractivity contribution in [2.24, 2.45) is 4.99 Å². The highest BCUT2D eigenvalue weighted by Gasteiger charge is 2.52. The predicted octanol–water partition coefficient (Wildman–Crippen LogP) is 1.86. The summed E-state index contributed by atoms with van der Waals surface area (Å²) in [7, 11) is 4.17. The largest absolute Gasteiger partial charge is 0.479 e. The highest BCUT2D eigenvalue weighted by molar-refractivity contribution is 5.90. The van der Waals surface area contributed by atoms with Crippen molar-refractivity contribution in [3.63, 3.8) is 0 Å². The van der Waals surface area contributed by atoms with Crippen molar-refractivity contribution < 1.29 is 28.8 Å². The number of aliphatic hydroxyl groups excluding tert-OH is 1. The first-order chi connectivity index (χ1) is 16.4. The molecule has 180 valence electrons. The standard InChI is InChI=1S/C24H28N4O6/c1-24(22(32-3)33-4)20(29)19(17-12-16(21(30)31-2)10-11-18(17)34-24)28-23(27-14-25)26-13-15-8-6-5-7-9-15/h5-12,19-20,22,29H,13H2,1-4H3,(H2,26,27,28)/t19-,20+,24+/m1/s1. The minimum absolute atomic E-state index is 0.139. The maximum absolute atomic E-state index is 12.1. The monoisotopic (exact) mass is 468 g/mol. The average molecular weight is 469 g/mol. The number of methoxy groups -OCH3 is 3. The normalized spacial score (nSPS) is 21.7. The van der Waals surface area contributed by atoms with Crippen LogP contribution in [0.1, 0.15) is 34.5 Å². The van der Waals surface area contributed by atoms with Gasteiger partial charge in [-0.05, 0) is 30.7 Å². The molecule has 1 aliphatic heterocycles. The molecule has 0 fully saturated rings. The first kappa shape index (κ1) is 25.0. The zero-order valence-electron chi connectivity index (χ0n) is 19.4. The van der Waals surface area contributed by atoms with Crippen molar-refractivity contribution in [1.29, 1.82) is 5.26 Å². The Morgan fingerprint density at radius 1 is 1.24 bits per heavy atom. The van der Waals surface area contributed by atoms with E-state index in [2.05, 4.69) is 15.6 Å². The third-order valence-corrected chi connectivity index (χ3v) is 5.62. The molecule has 34 heavy (non-hydrogen) atoms. The zero-order valence-corrected chi connectivity index (χ0v) is 19.4. The van der Waals surface area contributed by atoms with E-state index in [1.165, 1.54) is 21.3 Å². The summed E-state index contributed by atoms with van der Waals surface area (Å²) in [5.41, 5.74) is 0.355. The van der Waals surface area contributed by atoms with E-state index >= 15 is 0 Å². The lowest BCUT2D eigenvalue weighted by Gasteiger charge is -2.46. The molecule has 3 rings (SSSR count). The molecule has 0 saturated heterocycles. The highest BCUT2D eigenvalue weighted by atomic mass is 16.7. The molecule has 10 heteroatoms. The van der Waals surface area contributed by atoms with Gasteiger partial charge in [0.15, 0.2) is 18.1 Å². The van der Waals surface area contributed by atoms with E-state index in [9.17, 15) is 15.2 Å².